The molecule has 0 aliphatic carbocycles. The van der Waals surface area contributed by atoms with Gasteiger partial charge in [-0.3, -0.25) is 24.2 Å². The number of amides is 1. The van der Waals surface area contributed by atoms with Crippen LogP contribution in [0, 0.1) is 13.8 Å². The second-order valence-electron chi connectivity index (χ2n) is 12.1. The molecule has 1 amide bonds. The summed E-state index contributed by atoms with van der Waals surface area (Å²) in [5.41, 5.74) is 7.66. The number of aromatic nitrogens is 6. The predicted octanol–water partition coefficient (Wildman–Crippen LogP) is 6.11. The zero-order valence-corrected chi connectivity index (χ0v) is 25.8. The number of hydrogen-bond donors (Lipinski definition) is 1. The lowest BCUT2D eigenvalue weighted by Gasteiger charge is -2.32. The average molecular weight is 615 g/mol. The fourth-order valence-electron chi connectivity index (χ4n) is 6.92. The van der Waals surface area contributed by atoms with E-state index in [1.54, 1.807) is 0 Å². The van der Waals surface area contributed by atoms with Crippen LogP contribution >= 0.6 is 11.6 Å². The Morgan fingerprint density at radius 3 is 2.68 bits per heavy atom. The van der Waals surface area contributed by atoms with Crippen molar-refractivity contribution in [2.75, 3.05) is 32.7 Å². The van der Waals surface area contributed by atoms with E-state index in [4.69, 9.17) is 16.7 Å². The Hall–Kier alpha value is -4.02. The molecule has 11 heteroatoms. The van der Waals surface area contributed by atoms with Crippen LogP contribution in [0.1, 0.15) is 36.6 Å². The highest BCUT2D eigenvalue weighted by molar-refractivity contribution is 6.36. The Balaban J connectivity index is 1.30. The minimum absolute atomic E-state index is 0.0307. The molecular formula is C33H36ClFN8O. The molecule has 1 N–H and O–H groups in total. The van der Waals surface area contributed by atoms with E-state index in [0.717, 1.165) is 81.4 Å². The molecule has 2 fully saturated rings. The summed E-state index contributed by atoms with van der Waals surface area (Å²) in [4.78, 5) is 16.3. The summed E-state index contributed by atoms with van der Waals surface area (Å²) in [7, 11) is 0. The highest BCUT2D eigenvalue weighted by Gasteiger charge is 2.29. The number of rotatable bonds is 7. The van der Waals surface area contributed by atoms with Crippen LogP contribution in [0.4, 0.5) is 4.39 Å². The van der Waals surface area contributed by atoms with Gasteiger partial charge < -0.3 is 4.90 Å². The molecule has 9 nitrogen and oxygen atoms in total. The molecule has 228 valence electrons. The average Bonchev–Trinajstić information content (AvgIpc) is 3.83. The molecule has 0 bridgehead atoms. The zero-order valence-electron chi connectivity index (χ0n) is 25.1. The lowest BCUT2D eigenvalue weighted by Crippen LogP contribution is -2.38. The van der Waals surface area contributed by atoms with Gasteiger partial charge in [0.05, 0.1) is 41.0 Å². The number of aryl methyl sites for hydroxylation is 1. The quantitative estimate of drug-likeness (QED) is 0.224. The van der Waals surface area contributed by atoms with Gasteiger partial charge in [-0.25, -0.2) is 4.39 Å². The number of carbonyl (C=O) groups excluding carboxylic acids is 1. The van der Waals surface area contributed by atoms with Gasteiger partial charge in [0.15, 0.2) is 0 Å². The maximum Gasteiger partial charge on any atom is 0.245 e. The molecule has 44 heavy (non-hydrogen) atoms. The number of H-pyrrole nitrogens is 1. The number of benzene rings is 2. The van der Waals surface area contributed by atoms with Crippen LogP contribution in [0.3, 0.4) is 0 Å². The van der Waals surface area contributed by atoms with Gasteiger partial charge in [-0.05, 0) is 62.9 Å². The van der Waals surface area contributed by atoms with Crippen molar-refractivity contribution in [3.63, 3.8) is 0 Å². The number of aromatic amines is 1. The molecular weight excluding hydrogens is 579 g/mol. The lowest BCUT2D eigenvalue weighted by molar-refractivity contribution is -0.127. The summed E-state index contributed by atoms with van der Waals surface area (Å²) in [5.74, 6) is -0.0307. The van der Waals surface area contributed by atoms with Crippen LogP contribution in [-0.2, 0) is 11.3 Å². The molecule has 1 atom stereocenters. The van der Waals surface area contributed by atoms with Crippen LogP contribution in [0.15, 0.2) is 49.3 Å². The van der Waals surface area contributed by atoms with Gasteiger partial charge in [0, 0.05) is 65.9 Å². The van der Waals surface area contributed by atoms with Crippen molar-refractivity contribution >= 4 is 39.3 Å². The third kappa shape index (κ3) is 4.99. The highest BCUT2D eigenvalue weighted by Crippen LogP contribution is 2.44. The van der Waals surface area contributed by atoms with Gasteiger partial charge in [-0.15, -0.1) is 0 Å². The van der Waals surface area contributed by atoms with Crippen LogP contribution in [0.25, 0.3) is 44.2 Å². The maximum atomic E-state index is 13.7. The number of likely N-dealkylation sites (tertiary alicyclic amines) is 2. The fourth-order valence-corrected chi connectivity index (χ4v) is 7.17. The van der Waals surface area contributed by atoms with Crippen molar-refractivity contribution in [2.45, 2.75) is 51.9 Å². The molecule has 7 rings (SSSR count). The van der Waals surface area contributed by atoms with Crippen molar-refractivity contribution < 1.29 is 9.18 Å². The lowest BCUT2D eigenvalue weighted by atomic mass is 9.94. The minimum Gasteiger partial charge on any atom is -0.339 e. The van der Waals surface area contributed by atoms with Gasteiger partial charge >= 0.3 is 0 Å². The number of nitrogens with one attached hydrogen (secondary N) is 1. The fraction of sp³-hybridized carbons (Fsp3) is 0.394. The summed E-state index contributed by atoms with van der Waals surface area (Å²) in [6.07, 6.45) is 6.59. The molecule has 2 aromatic carbocycles. The van der Waals surface area contributed by atoms with E-state index in [-0.39, 0.29) is 11.9 Å². The first kappa shape index (κ1) is 28.7. The number of fused-ring (bicyclic) bond motifs is 2. The number of nitrogens with zero attached hydrogens (tertiary/aromatic N) is 7. The summed E-state index contributed by atoms with van der Waals surface area (Å²) in [6, 6.07) is 8.51. The van der Waals surface area contributed by atoms with E-state index in [9.17, 15) is 9.18 Å². The van der Waals surface area contributed by atoms with Gasteiger partial charge in [0.25, 0.3) is 0 Å². The first-order chi connectivity index (χ1) is 21.3. The summed E-state index contributed by atoms with van der Waals surface area (Å²) >= 11 is 7.08. The van der Waals surface area contributed by atoms with Crippen molar-refractivity contribution in [3.8, 4) is 22.4 Å². The maximum absolute atomic E-state index is 13.7. The largest absolute Gasteiger partial charge is 0.339 e. The van der Waals surface area contributed by atoms with E-state index >= 15 is 0 Å². The third-order valence-electron chi connectivity index (χ3n) is 9.32. The molecule has 0 spiro atoms. The predicted molar refractivity (Wildman–Crippen MR) is 172 cm³/mol. The summed E-state index contributed by atoms with van der Waals surface area (Å²) < 4.78 is 17.8. The smallest absolute Gasteiger partial charge is 0.245 e. The van der Waals surface area contributed by atoms with Crippen molar-refractivity contribution in [1.29, 1.82) is 0 Å². The summed E-state index contributed by atoms with van der Waals surface area (Å²) in [6.45, 7) is 11.9. The van der Waals surface area contributed by atoms with Crippen LogP contribution in [-0.4, -0.2) is 84.4 Å². The molecule has 5 aromatic rings. The van der Waals surface area contributed by atoms with E-state index in [2.05, 4.69) is 56.6 Å². The SMILES string of the molecule is C=CC(=O)N1CCC(n2nc(-c3ccc4c(cnn4CCN4CC[C@H](F)C4)c3)c(-c3c(Cl)c(C)cc4[nH]ncc34)c2C)CC1. The van der Waals surface area contributed by atoms with Gasteiger partial charge in [-0.2, -0.15) is 15.3 Å². The molecule has 2 aliphatic rings. The first-order valence-electron chi connectivity index (χ1n) is 15.3. The molecule has 3 aromatic heterocycles. The number of hydrogen-bond acceptors (Lipinski definition) is 5. The van der Waals surface area contributed by atoms with Gasteiger partial charge in [0.1, 0.15) is 11.9 Å². The summed E-state index contributed by atoms with van der Waals surface area (Å²) in [5, 5.41) is 20.0. The number of halogens is 2. The normalized spacial score (nSPS) is 18.2. The number of carbonyl (C=O) groups is 1. The zero-order chi connectivity index (χ0) is 30.5. The van der Waals surface area contributed by atoms with E-state index < -0.39 is 6.17 Å². The Bertz CT molecular complexity index is 1880. The molecule has 2 saturated heterocycles. The molecule has 0 unspecified atom stereocenters. The highest BCUT2D eigenvalue weighted by atomic mass is 35.5. The second kappa shape index (κ2) is 11.5. The number of alkyl halides is 1. The molecule has 5 heterocycles. The third-order valence-corrected chi connectivity index (χ3v) is 9.81. The van der Waals surface area contributed by atoms with Crippen LogP contribution in [0.2, 0.25) is 5.02 Å². The van der Waals surface area contributed by atoms with Crippen molar-refractivity contribution in [2.24, 2.45) is 0 Å². The second-order valence-corrected chi connectivity index (χ2v) is 12.4. The van der Waals surface area contributed by atoms with E-state index in [0.29, 0.717) is 37.6 Å². The topological polar surface area (TPSA) is 87.9 Å². The molecule has 0 radical (unpaired) electrons. The number of piperidine rings is 1. The molecule has 0 saturated carbocycles. The molecule has 2 aliphatic heterocycles. The standard InChI is InChI=1S/C33H36ClFN8O/c1-4-29(44)41-11-8-25(9-12-41)43-21(3)30(31-26-18-36-38-27(26)15-20(2)32(31)34)33(39-43)22-5-6-28-23(16-22)17-37-42(28)14-13-40-10-7-24(35)19-40/h4-6,15-18,24-25H,1,7-14,19H2,2-3H3,(H,36,38)/t24-/m0/s1. The Morgan fingerprint density at radius 1 is 1.11 bits per heavy atom. The van der Waals surface area contributed by atoms with Gasteiger partial charge in [0.2, 0.25) is 5.91 Å². The Kier molecular flexibility index (Phi) is 7.50. The van der Waals surface area contributed by atoms with E-state index in [1.807, 2.05) is 35.0 Å². The van der Waals surface area contributed by atoms with Crippen LogP contribution < -0.4 is 0 Å². The van der Waals surface area contributed by atoms with Gasteiger partial charge in [-0.1, -0.05) is 24.2 Å². The Labute approximate surface area is 260 Å². The first-order valence-corrected chi connectivity index (χ1v) is 15.7. The Morgan fingerprint density at radius 2 is 1.93 bits per heavy atom. The minimum atomic E-state index is -0.725. The van der Waals surface area contributed by atoms with E-state index in [1.165, 1.54) is 6.08 Å². The van der Waals surface area contributed by atoms with Crippen molar-refractivity contribution in [1.82, 2.24) is 39.6 Å². The monoisotopic (exact) mass is 614 g/mol. The van der Waals surface area contributed by atoms with Crippen molar-refractivity contribution in [3.05, 3.63) is 65.6 Å². The van der Waals surface area contributed by atoms with Crippen LogP contribution in [0.5, 0.6) is 0 Å².